The minimum absolute atomic E-state index is 0.00139. The lowest BCUT2D eigenvalue weighted by molar-refractivity contribution is -0.111. The molecule has 1 unspecified atom stereocenters. The number of para-hydroxylation sites is 1. The molecule has 2 aromatic carbocycles. The van der Waals surface area contributed by atoms with Crippen molar-refractivity contribution in [3.63, 3.8) is 0 Å². The summed E-state index contributed by atoms with van der Waals surface area (Å²) in [4.78, 5) is 0. The predicted molar refractivity (Wildman–Crippen MR) is 84.5 cm³/mol. The third kappa shape index (κ3) is 2.86. The molecule has 1 heterocycles. The van der Waals surface area contributed by atoms with Gasteiger partial charge in [0.1, 0.15) is 5.52 Å². The van der Waals surface area contributed by atoms with E-state index in [1.54, 1.807) is 14.2 Å². The fraction of sp³-hybridized carbons (Fsp3) is 0.294. The van der Waals surface area contributed by atoms with Gasteiger partial charge in [-0.15, -0.1) is 5.10 Å². The van der Waals surface area contributed by atoms with E-state index >= 15 is 0 Å². The maximum absolute atomic E-state index is 5.38. The molecular formula is C17H19N3O2. The van der Waals surface area contributed by atoms with Gasteiger partial charge in [-0.3, -0.25) is 0 Å². The fourth-order valence-corrected chi connectivity index (χ4v) is 2.64. The first-order chi connectivity index (χ1) is 10.8. The molecule has 0 saturated heterocycles. The minimum atomic E-state index is -0.298. The van der Waals surface area contributed by atoms with Gasteiger partial charge < -0.3 is 9.47 Å². The van der Waals surface area contributed by atoms with Gasteiger partial charge in [-0.2, -0.15) is 0 Å². The van der Waals surface area contributed by atoms with Crippen molar-refractivity contribution in [3.05, 3.63) is 60.2 Å². The maximum atomic E-state index is 5.38. The van der Waals surface area contributed by atoms with E-state index in [9.17, 15) is 0 Å². The van der Waals surface area contributed by atoms with Crippen LogP contribution in [0.15, 0.2) is 54.6 Å². The number of nitrogens with zero attached hydrogens (tertiary/aromatic N) is 3. The summed E-state index contributed by atoms with van der Waals surface area (Å²) in [5, 5.41) is 8.60. The highest BCUT2D eigenvalue weighted by Crippen LogP contribution is 2.27. The Morgan fingerprint density at radius 2 is 1.64 bits per heavy atom. The second-order valence-electron chi connectivity index (χ2n) is 5.09. The lowest BCUT2D eigenvalue weighted by atomic mass is 10.0. The molecule has 5 nitrogen and oxygen atoms in total. The van der Waals surface area contributed by atoms with Gasteiger partial charge in [0.2, 0.25) is 0 Å². The van der Waals surface area contributed by atoms with Crippen LogP contribution < -0.4 is 0 Å². The quantitative estimate of drug-likeness (QED) is 0.656. The van der Waals surface area contributed by atoms with Crippen LogP contribution in [0.4, 0.5) is 0 Å². The van der Waals surface area contributed by atoms with Crippen molar-refractivity contribution >= 4 is 11.0 Å². The zero-order valence-corrected chi connectivity index (χ0v) is 12.7. The van der Waals surface area contributed by atoms with E-state index in [1.807, 2.05) is 47.1 Å². The Balaban J connectivity index is 2.05. The van der Waals surface area contributed by atoms with Crippen LogP contribution in [-0.2, 0) is 9.47 Å². The maximum Gasteiger partial charge on any atom is 0.159 e. The summed E-state index contributed by atoms with van der Waals surface area (Å²) < 4.78 is 12.7. The standard InChI is InChI=1S/C17H19N3O2/c1-21-17(22-2)12-16(13-8-4-3-5-9-13)20-15-11-7-6-10-14(15)18-19-20/h3-11,16-17H,12H2,1-2H3. The Kier molecular flexibility index (Phi) is 4.46. The first-order valence-corrected chi connectivity index (χ1v) is 7.24. The number of methoxy groups -OCH3 is 2. The van der Waals surface area contributed by atoms with Crippen molar-refractivity contribution in [3.8, 4) is 0 Å². The molecule has 0 amide bonds. The van der Waals surface area contributed by atoms with Gasteiger partial charge in [-0.25, -0.2) is 4.68 Å². The number of aromatic nitrogens is 3. The number of hydrogen-bond donors (Lipinski definition) is 0. The summed E-state index contributed by atoms with van der Waals surface area (Å²) in [6, 6.07) is 18.2. The van der Waals surface area contributed by atoms with Crippen LogP contribution in [0.3, 0.4) is 0 Å². The third-order valence-corrected chi connectivity index (χ3v) is 3.80. The minimum Gasteiger partial charge on any atom is -0.356 e. The van der Waals surface area contributed by atoms with E-state index in [0.717, 1.165) is 16.6 Å². The molecule has 0 spiro atoms. The monoisotopic (exact) mass is 297 g/mol. The van der Waals surface area contributed by atoms with Gasteiger partial charge in [0.05, 0.1) is 11.6 Å². The summed E-state index contributed by atoms with van der Waals surface area (Å²) in [7, 11) is 3.30. The average molecular weight is 297 g/mol. The smallest absolute Gasteiger partial charge is 0.159 e. The van der Waals surface area contributed by atoms with Gasteiger partial charge in [0, 0.05) is 20.6 Å². The van der Waals surface area contributed by atoms with E-state index in [0.29, 0.717) is 6.42 Å². The molecule has 1 aromatic heterocycles. The molecule has 0 aliphatic carbocycles. The summed E-state index contributed by atoms with van der Waals surface area (Å²) >= 11 is 0. The van der Waals surface area contributed by atoms with Crippen LogP contribution in [-0.4, -0.2) is 35.5 Å². The van der Waals surface area contributed by atoms with Crippen molar-refractivity contribution in [2.45, 2.75) is 18.8 Å². The van der Waals surface area contributed by atoms with E-state index in [1.165, 1.54) is 0 Å². The van der Waals surface area contributed by atoms with Crippen LogP contribution in [0.5, 0.6) is 0 Å². The second-order valence-corrected chi connectivity index (χ2v) is 5.09. The molecule has 114 valence electrons. The van der Waals surface area contributed by atoms with E-state index in [-0.39, 0.29) is 12.3 Å². The van der Waals surface area contributed by atoms with Crippen molar-refractivity contribution in [1.29, 1.82) is 0 Å². The molecule has 3 aromatic rings. The van der Waals surface area contributed by atoms with Crippen LogP contribution >= 0.6 is 0 Å². The Morgan fingerprint density at radius 1 is 0.955 bits per heavy atom. The Morgan fingerprint density at radius 3 is 2.36 bits per heavy atom. The summed E-state index contributed by atoms with van der Waals surface area (Å²) in [6.45, 7) is 0. The van der Waals surface area contributed by atoms with Crippen LogP contribution in [0.2, 0.25) is 0 Å². The third-order valence-electron chi connectivity index (χ3n) is 3.80. The highest BCUT2D eigenvalue weighted by Gasteiger charge is 2.22. The number of ether oxygens (including phenoxy) is 2. The fourth-order valence-electron chi connectivity index (χ4n) is 2.64. The van der Waals surface area contributed by atoms with E-state index < -0.39 is 0 Å². The van der Waals surface area contributed by atoms with Gasteiger partial charge in [0.15, 0.2) is 6.29 Å². The SMILES string of the molecule is COC(CC(c1ccccc1)n1nnc2ccccc21)OC. The van der Waals surface area contributed by atoms with Gasteiger partial charge in [-0.1, -0.05) is 47.7 Å². The van der Waals surface area contributed by atoms with Gasteiger partial charge >= 0.3 is 0 Å². The summed E-state index contributed by atoms with van der Waals surface area (Å²) in [5.74, 6) is 0. The molecule has 0 aliphatic rings. The molecule has 3 rings (SSSR count). The normalized spacial score (nSPS) is 12.9. The lowest BCUT2D eigenvalue weighted by Gasteiger charge is -2.22. The molecular weight excluding hydrogens is 278 g/mol. The van der Waals surface area contributed by atoms with Gasteiger partial charge in [-0.05, 0) is 17.7 Å². The first kappa shape index (κ1) is 14.7. The van der Waals surface area contributed by atoms with Crippen molar-refractivity contribution in [2.75, 3.05) is 14.2 Å². The number of benzene rings is 2. The lowest BCUT2D eigenvalue weighted by Crippen LogP contribution is -2.22. The van der Waals surface area contributed by atoms with Crippen LogP contribution in [0, 0.1) is 0 Å². The zero-order chi connectivity index (χ0) is 15.4. The topological polar surface area (TPSA) is 49.2 Å². The molecule has 0 bridgehead atoms. The number of rotatable bonds is 6. The largest absolute Gasteiger partial charge is 0.356 e. The molecule has 22 heavy (non-hydrogen) atoms. The van der Waals surface area contributed by atoms with Gasteiger partial charge in [0.25, 0.3) is 0 Å². The second kappa shape index (κ2) is 6.68. The summed E-state index contributed by atoms with van der Waals surface area (Å²) in [5.41, 5.74) is 3.04. The van der Waals surface area contributed by atoms with Crippen LogP contribution in [0.1, 0.15) is 18.0 Å². The predicted octanol–water partition coefficient (Wildman–Crippen LogP) is 3.03. The van der Waals surface area contributed by atoms with Crippen molar-refractivity contribution < 1.29 is 9.47 Å². The van der Waals surface area contributed by atoms with Crippen molar-refractivity contribution in [2.24, 2.45) is 0 Å². The number of hydrogen-bond acceptors (Lipinski definition) is 4. The Hall–Kier alpha value is -2.24. The highest BCUT2D eigenvalue weighted by atomic mass is 16.7. The van der Waals surface area contributed by atoms with E-state index in [2.05, 4.69) is 22.4 Å². The molecule has 0 saturated carbocycles. The molecule has 0 N–H and O–H groups in total. The molecule has 0 radical (unpaired) electrons. The Bertz CT molecular complexity index is 723. The number of fused-ring (bicyclic) bond motifs is 1. The molecule has 1 atom stereocenters. The van der Waals surface area contributed by atoms with E-state index in [4.69, 9.17) is 9.47 Å². The van der Waals surface area contributed by atoms with Crippen molar-refractivity contribution in [1.82, 2.24) is 15.0 Å². The Labute approximate surface area is 129 Å². The first-order valence-electron chi connectivity index (χ1n) is 7.24. The van der Waals surface area contributed by atoms with Crippen LogP contribution in [0.25, 0.3) is 11.0 Å². The average Bonchev–Trinajstić information content (AvgIpc) is 3.01. The highest BCUT2D eigenvalue weighted by molar-refractivity contribution is 5.74. The zero-order valence-electron chi connectivity index (χ0n) is 12.7. The molecule has 0 aliphatic heterocycles. The summed E-state index contributed by atoms with van der Waals surface area (Å²) in [6.07, 6.45) is 0.359. The molecule has 0 fully saturated rings. The molecule has 5 heteroatoms.